The molecule has 9 heteroatoms. The van der Waals surface area contributed by atoms with E-state index in [1.807, 2.05) is 0 Å². The molecule has 2 rings (SSSR count). The smallest absolute Gasteiger partial charge is 0.270 e. The Hall–Kier alpha value is -0.830. The first-order valence-electron chi connectivity index (χ1n) is 4.95. The SMILES string of the molecule is N[C@]1(C(=O)NS(=O)(=O)C2(F)CC2)C[C@H]1C(F)F. The summed E-state index contributed by atoms with van der Waals surface area (Å²) in [4.78, 5) is 11.4. The molecule has 0 unspecified atom stereocenters. The fourth-order valence-electron chi connectivity index (χ4n) is 1.56. The second kappa shape index (κ2) is 3.35. The summed E-state index contributed by atoms with van der Waals surface area (Å²) in [6.45, 7) is 0. The third-order valence-corrected chi connectivity index (χ3v) is 4.96. The Labute approximate surface area is 95.6 Å². The van der Waals surface area contributed by atoms with E-state index in [0.29, 0.717) is 0 Å². The van der Waals surface area contributed by atoms with Crippen LogP contribution in [0.15, 0.2) is 0 Å². The molecular weight excluding hydrogens is 261 g/mol. The number of alkyl halides is 3. The first-order chi connectivity index (χ1) is 7.62. The second-order valence-electron chi connectivity index (χ2n) is 4.50. The van der Waals surface area contributed by atoms with Gasteiger partial charge in [0.2, 0.25) is 11.4 Å². The van der Waals surface area contributed by atoms with Gasteiger partial charge in [-0.2, -0.15) is 0 Å². The number of amides is 1. The Morgan fingerprint density at radius 3 is 2.29 bits per heavy atom. The lowest BCUT2D eigenvalue weighted by atomic mass is 10.2. The summed E-state index contributed by atoms with van der Waals surface area (Å²) in [7, 11) is -4.47. The van der Waals surface area contributed by atoms with Crippen LogP contribution in [0.25, 0.3) is 0 Å². The first-order valence-corrected chi connectivity index (χ1v) is 6.43. The molecule has 3 N–H and O–H groups in total. The lowest BCUT2D eigenvalue weighted by Gasteiger charge is -2.14. The maximum absolute atomic E-state index is 13.3. The van der Waals surface area contributed by atoms with E-state index in [0.717, 1.165) is 0 Å². The van der Waals surface area contributed by atoms with Gasteiger partial charge in [0.15, 0.2) is 0 Å². The van der Waals surface area contributed by atoms with Crippen LogP contribution < -0.4 is 10.5 Å². The average Bonchev–Trinajstić information content (AvgIpc) is 3.04. The van der Waals surface area contributed by atoms with Crippen molar-refractivity contribution in [1.29, 1.82) is 0 Å². The number of nitrogens with one attached hydrogen (secondary N) is 1. The summed E-state index contributed by atoms with van der Waals surface area (Å²) < 4.78 is 62.0. The van der Waals surface area contributed by atoms with Crippen molar-refractivity contribution in [3.8, 4) is 0 Å². The van der Waals surface area contributed by atoms with Crippen molar-refractivity contribution in [2.75, 3.05) is 0 Å². The molecule has 5 nitrogen and oxygen atoms in total. The molecule has 0 radical (unpaired) electrons. The highest BCUT2D eigenvalue weighted by atomic mass is 32.2. The van der Waals surface area contributed by atoms with Crippen molar-refractivity contribution in [2.45, 2.75) is 36.2 Å². The van der Waals surface area contributed by atoms with E-state index < -0.39 is 38.8 Å². The van der Waals surface area contributed by atoms with E-state index in [1.165, 1.54) is 4.72 Å². The van der Waals surface area contributed by atoms with Gasteiger partial charge in [0.05, 0.1) is 0 Å². The molecule has 2 saturated carbocycles. The van der Waals surface area contributed by atoms with Crippen molar-refractivity contribution in [1.82, 2.24) is 4.72 Å². The number of hydrogen-bond donors (Lipinski definition) is 2. The minimum atomic E-state index is -4.47. The highest BCUT2D eigenvalue weighted by molar-refractivity contribution is 7.91. The van der Waals surface area contributed by atoms with E-state index in [-0.39, 0.29) is 19.3 Å². The van der Waals surface area contributed by atoms with Gasteiger partial charge in [-0.3, -0.25) is 4.79 Å². The molecular formula is C8H11F3N2O3S. The van der Waals surface area contributed by atoms with Crippen LogP contribution in [-0.4, -0.2) is 31.3 Å². The van der Waals surface area contributed by atoms with Gasteiger partial charge in [-0.05, 0) is 6.42 Å². The molecule has 0 heterocycles. The van der Waals surface area contributed by atoms with Gasteiger partial charge < -0.3 is 5.73 Å². The minimum absolute atomic E-state index is 0.203. The quantitative estimate of drug-likeness (QED) is 0.746. The predicted molar refractivity (Wildman–Crippen MR) is 51.2 cm³/mol. The number of carbonyl (C=O) groups is 1. The Kier molecular flexibility index (Phi) is 2.48. The van der Waals surface area contributed by atoms with E-state index in [9.17, 15) is 26.4 Å². The number of carbonyl (C=O) groups excluding carboxylic acids is 1. The first kappa shape index (κ1) is 12.6. The number of halogens is 3. The van der Waals surface area contributed by atoms with Crippen LogP contribution >= 0.6 is 0 Å². The molecule has 2 aliphatic rings. The molecule has 0 bridgehead atoms. The zero-order chi connectivity index (χ0) is 13.1. The van der Waals surface area contributed by atoms with Crippen molar-refractivity contribution in [3.63, 3.8) is 0 Å². The molecule has 17 heavy (non-hydrogen) atoms. The van der Waals surface area contributed by atoms with Crippen LogP contribution in [0.2, 0.25) is 0 Å². The molecule has 0 aliphatic heterocycles. The van der Waals surface area contributed by atoms with Crippen LogP contribution in [0.5, 0.6) is 0 Å². The number of rotatable bonds is 4. The fraction of sp³-hybridized carbons (Fsp3) is 0.875. The third-order valence-electron chi connectivity index (χ3n) is 3.14. The van der Waals surface area contributed by atoms with Gasteiger partial charge in [0.1, 0.15) is 5.54 Å². The van der Waals surface area contributed by atoms with E-state index in [1.54, 1.807) is 0 Å². The standard InChI is InChI=1S/C8H11F3N2O3S/c9-5(10)4-3-8(4,12)6(14)13-17(15,16)7(11)1-2-7/h4-5H,1-3,12H2,(H,13,14)/t4-,8+/m0/s1. The highest BCUT2D eigenvalue weighted by Gasteiger charge is 2.64. The number of hydrogen-bond acceptors (Lipinski definition) is 4. The lowest BCUT2D eigenvalue weighted by Crippen LogP contribution is -2.49. The van der Waals surface area contributed by atoms with Gasteiger partial charge in [-0.1, -0.05) is 0 Å². The topological polar surface area (TPSA) is 89.3 Å². The van der Waals surface area contributed by atoms with Gasteiger partial charge >= 0.3 is 0 Å². The molecule has 2 fully saturated rings. The van der Waals surface area contributed by atoms with Crippen molar-refractivity contribution in [2.24, 2.45) is 11.7 Å². The van der Waals surface area contributed by atoms with Crippen LogP contribution in [0, 0.1) is 5.92 Å². The number of nitrogens with two attached hydrogens (primary N) is 1. The van der Waals surface area contributed by atoms with Gasteiger partial charge in [-0.25, -0.2) is 26.3 Å². The van der Waals surface area contributed by atoms with E-state index >= 15 is 0 Å². The van der Waals surface area contributed by atoms with E-state index in [4.69, 9.17) is 5.73 Å². The van der Waals surface area contributed by atoms with Crippen LogP contribution in [0.3, 0.4) is 0 Å². The van der Waals surface area contributed by atoms with E-state index in [2.05, 4.69) is 0 Å². The van der Waals surface area contributed by atoms with Crippen molar-refractivity contribution in [3.05, 3.63) is 0 Å². The summed E-state index contributed by atoms with van der Waals surface area (Å²) >= 11 is 0. The van der Waals surface area contributed by atoms with Gasteiger partial charge in [0.25, 0.3) is 15.9 Å². The molecule has 0 spiro atoms. The van der Waals surface area contributed by atoms with Crippen LogP contribution in [0.4, 0.5) is 13.2 Å². The highest BCUT2D eigenvalue weighted by Crippen LogP contribution is 2.47. The zero-order valence-electron chi connectivity index (χ0n) is 8.62. The largest absolute Gasteiger partial charge is 0.317 e. The summed E-state index contributed by atoms with van der Waals surface area (Å²) in [6.07, 6.45) is -3.50. The average molecular weight is 272 g/mol. The van der Waals surface area contributed by atoms with Crippen molar-refractivity contribution >= 4 is 15.9 Å². The Morgan fingerprint density at radius 2 is 1.94 bits per heavy atom. The molecule has 98 valence electrons. The molecule has 0 saturated heterocycles. The molecule has 0 aromatic heterocycles. The Balaban J connectivity index is 2.04. The summed E-state index contributed by atoms with van der Waals surface area (Å²) in [5.41, 5.74) is 3.43. The zero-order valence-corrected chi connectivity index (χ0v) is 9.44. The van der Waals surface area contributed by atoms with Crippen LogP contribution in [0.1, 0.15) is 19.3 Å². The second-order valence-corrected chi connectivity index (χ2v) is 6.45. The normalized spacial score (nSPS) is 34.5. The Bertz CT molecular complexity index is 463. The summed E-state index contributed by atoms with van der Waals surface area (Å²) in [5, 5.41) is -2.45. The summed E-state index contributed by atoms with van der Waals surface area (Å²) in [5.74, 6) is -2.63. The fourth-order valence-corrected chi connectivity index (χ4v) is 2.81. The predicted octanol–water partition coefficient (Wildman–Crippen LogP) is -0.126. The molecule has 0 aromatic carbocycles. The van der Waals surface area contributed by atoms with Crippen molar-refractivity contribution < 1.29 is 26.4 Å². The van der Waals surface area contributed by atoms with Crippen LogP contribution in [-0.2, 0) is 14.8 Å². The lowest BCUT2D eigenvalue weighted by molar-refractivity contribution is -0.122. The Morgan fingerprint density at radius 1 is 1.41 bits per heavy atom. The summed E-state index contributed by atoms with van der Waals surface area (Å²) in [6, 6.07) is 0. The maximum atomic E-state index is 13.3. The van der Waals surface area contributed by atoms with Gasteiger partial charge in [0, 0.05) is 18.8 Å². The third kappa shape index (κ3) is 1.90. The van der Waals surface area contributed by atoms with Gasteiger partial charge in [-0.15, -0.1) is 0 Å². The molecule has 2 aliphatic carbocycles. The molecule has 2 atom stereocenters. The maximum Gasteiger partial charge on any atom is 0.270 e. The molecule has 1 amide bonds. The minimum Gasteiger partial charge on any atom is -0.317 e. The monoisotopic (exact) mass is 272 g/mol. The molecule has 0 aromatic rings. The number of sulfonamides is 1.